The number of nitrogens with zero attached hydrogens (tertiary/aromatic N) is 2. The summed E-state index contributed by atoms with van der Waals surface area (Å²) in [4.78, 5) is 8.85. The number of benzene rings is 1. The molecule has 0 atom stereocenters. The number of nitrogens with two attached hydrogens (primary N) is 1. The molecule has 0 bridgehead atoms. The van der Waals surface area contributed by atoms with E-state index in [1.165, 1.54) is 6.21 Å². The average Bonchev–Trinajstić information content (AvgIpc) is 2.55. The van der Waals surface area contributed by atoms with Gasteiger partial charge in [0, 0.05) is 33.2 Å². The molecule has 2 heterocycles. The fourth-order valence-corrected chi connectivity index (χ4v) is 2.74. The van der Waals surface area contributed by atoms with Crippen LogP contribution in [0.2, 0.25) is 5.02 Å². The fourth-order valence-electron chi connectivity index (χ4n) is 2.23. The normalized spacial score (nSPS) is 12.1. The van der Waals surface area contributed by atoms with E-state index in [0.29, 0.717) is 22.0 Å². The molecule has 114 valence electrons. The van der Waals surface area contributed by atoms with Gasteiger partial charge >= 0.3 is 0 Å². The zero-order valence-corrected chi connectivity index (χ0v) is 14.3. The van der Waals surface area contributed by atoms with E-state index in [2.05, 4.69) is 25.9 Å². The molecule has 0 aliphatic rings. The Balaban J connectivity index is 2.17. The Bertz CT molecular complexity index is 937. The number of aromatic nitrogens is 2. The zero-order valence-electron chi connectivity index (χ0n) is 11.9. The van der Waals surface area contributed by atoms with Crippen LogP contribution in [0.15, 0.2) is 53.1 Å². The van der Waals surface area contributed by atoms with Gasteiger partial charge < -0.3 is 11.1 Å². The number of fused-ring (bicyclic) bond motifs is 1. The number of hydrogen-bond donors (Lipinski definition) is 2. The van der Waals surface area contributed by atoms with Gasteiger partial charge in [-0.3, -0.25) is 4.98 Å². The highest BCUT2D eigenvalue weighted by molar-refractivity contribution is 9.10. The molecule has 0 aliphatic carbocycles. The summed E-state index contributed by atoms with van der Waals surface area (Å²) in [5.41, 5.74) is 10.1. The molecule has 23 heavy (non-hydrogen) atoms. The molecule has 1 aromatic carbocycles. The van der Waals surface area contributed by atoms with Crippen LogP contribution in [0, 0.1) is 5.41 Å². The van der Waals surface area contributed by atoms with Crippen molar-refractivity contribution in [3.05, 3.63) is 69.4 Å². The summed E-state index contributed by atoms with van der Waals surface area (Å²) < 4.78 is 0.845. The van der Waals surface area contributed by atoms with Crippen LogP contribution >= 0.6 is 27.5 Å². The lowest BCUT2D eigenvalue weighted by atomic mass is 10.0. The molecule has 3 N–H and O–H groups in total. The summed E-state index contributed by atoms with van der Waals surface area (Å²) in [5.74, 6) is 0. The van der Waals surface area contributed by atoms with Crippen molar-refractivity contribution in [2.24, 2.45) is 5.73 Å². The van der Waals surface area contributed by atoms with Crippen molar-refractivity contribution in [3.63, 3.8) is 0 Å². The molecule has 3 rings (SSSR count). The monoisotopic (exact) mass is 386 g/mol. The molecule has 0 radical (unpaired) electrons. The first-order valence-electron chi connectivity index (χ1n) is 6.77. The number of rotatable bonds is 3. The maximum atomic E-state index is 7.72. The average molecular weight is 388 g/mol. The first kappa shape index (κ1) is 15.6. The van der Waals surface area contributed by atoms with E-state index in [1.54, 1.807) is 24.4 Å². The summed E-state index contributed by atoms with van der Waals surface area (Å²) in [5, 5.41) is 8.31. The molecular weight excluding hydrogens is 376 g/mol. The van der Waals surface area contributed by atoms with E-state index in [4.69, 9.17) is 22.7 Å². The number of hydrogen-bond acceptors (Lipinski definition) is 4. The molecule has 0 saturated heterocycles. The number of nitrogens with one attached hydrogen (secondary N) is 1. The number of pyridine rings is 2. The minimum Gasteiger partial charge on any atom is -0.398 e. The van der Waals surface area contributed by atoms with E-state index >= 15 is 0 Å². The molecule has 3 aromatic rings. The fraction of sp³-hybridized carbons (Fsp3) is 0. The van der Waals surface area contributed by atoms with Gasteiger partial charge in [0.05, 0.1) is 16.7 Å². The Hall–Kier alpha value is -2.24. The second-order valence-corrected chi connectivity index (χ2v) is 6.22. The lowest BCUT2D eigenvalue weighted by molar-refractivity contribution is 1.30. The van der Waals surface area contributed by atoms with Gasteiger partial charge in [0.15, 0.2) is 0 Å². The summed E-state index contributed by atoms with van der Waals surface area (Å²) in [6.45, 7) is 0. The van der Waals surface area contributed by atoms with Gasteiger partial charge in [-0.15, -0.1) is 0 Å². The second-order valence-electron chi connectivity index (χ2n) is 4.87. The first-order chi connectivity index (χ1) is 11.1. The molecule has 0 saturated carbocycles. The highest BCUT2D eigenvalue weighted by atomic mass is 79.9. The van der Waals surface area contributed by atoms with Crippen molar-refractivity contribution in [1.29, 1.82) is 5.41 Å². The molecule has 0 fully saturated rings. The topological polar surface area (TPSA) is 75.7 Å². The molecule has 0 spiro atoms. The maximum Gasteiger partial charge on any atom is 0.0905 e. The minimum absolute atomic E-state index is 0.456. The van der Waals surface area contributed by atoms with Crippen LogP contribution in [0.4, 0.5) is 0 Å². The Morgan fingerprint density at radius 1 is 1.17 bits per heavy atom. The van der Waals surface area contributed by atoms with Gasteiger partial charge in [-0.05, 0) is 51.8 Å². The summed E-state index contributed by atoms with van der Waals surface area (Å²) in [7, 11) is 0. The van der Waals surface area contributed by atoms with Crippen LogP contribution in [-0.2, 0) is 0 Å². The van der Waals surface area contributed by atoms with Crippen molar-refractivity contribution >= 4 is 56.0 Å². The summed E-state index contributed by atoms with van der Waals surface area (Å²) in [6, 6.07) is 12.8. The van der Waals surface area contributed by atoms with Gasteiger partial charge in [0.25, 0.3) is 0 Å². The van der Waals surface area contributed by atoms with Crippen molar-refractivity contribution in [1.82, 2.24) is 9.97 Å². The van der Waals surface area contributed by atoms with Crippen LogP contribution in [0.5, 0.6) is 0 Å². The third kappa shape index (κ3) is 3.25. The van der Waals surface area contributed by atoms with Crippen LogP contribution in [-0.4, -0.2) is 16.2 Å². The molecule has 0 amide bonds. The highest BCUT2D eigenvalue weighted by Gasteiger charge is 2.10. The first-order valence-corrected chi connectivity index (χ1v) is 7.94. The van der Waals surface area contributed by atoms with E-state index in [9.17, 15) is 0 Å². The van der Waals surface area contributed by atoms with Crippen LogP contribution in [0.25, 0.3) is 22.3 Å². The molecule has 4 nitrogen and oxygen atoms in total. The standard InChI is InChI=1S/C17H12BrClN4/c18-11-7-16-15(22-9-11)5-4-14(23-16)13(8-20)17(21)10-2-1-3-12(19)6-10/h1-9,20H,21H2. The van der Waals surface area contributed by atoms with Gasteiger partial charge in [-0.1, -0.05) is 23.7 Å². The van der Waals surface area contributed by atoms with E-state index < -0.39 is 0 Å². The SMILES string of the molecule is N=CC(=C(N)c1cccc(Cl)c1)c1ccc2ncc(Br)cc2n1. The Morgan fingerprint density at radius 2 is 2.00 bits per heavy atom. The van der Waals surface area contributed by atoms with Crippen molar-refractivity contribution in [2.45, 2.75) is 0 Å². The summed E-state index contributed by atoms with van der Waals surface area (Å²) >= 11 is 9.40. The third-order valence-corrected chi connectivity index (χ3v) is 4.02. The van der Waals surface area contributed by atoms with Crippen LogP contribution < -0.4 is 5.73 Å². The largest absolute Gasteiger partial charge is 0.398 e. The summed E-state index contributed by atoms with van der Waals surface area (Å²) in [6.07, 6.45) is 2.92. The van der Waals surface area contributed by atoms with Crippen molar-refractivity contribution < 1.29 is 0 Å². The van der Waals surface area contributed by atoms with E-state index in [0.717, 1.165) is 21.1 Å². The third-order valence-electron chi connectivity index (χ3n) is 3.35. The molecule has 0 aliphatic heterocycles. The van der Waals surface area contributed by atoms with Gasteiger partial charge in [0.2, 0.25) is 0 Å². The highest BCUT2D eigenvalue weighted by Crippen LogP contribution is 2.24. The minimum atomic E-state index is 0.456. The second kappa shape index (κ2) is 6.48. The lowest BCUT2D eigenvalue weighted by Crippen LogP contribution is -2.04. The quantitative estimate of drug-likeness (QED) is 0.649. The predicted molar refractivity (Wildman–Crippen MR) is 98.5 cm³/mol. The van der Waals surface area contributed by atoms with Crippen LogP contribution in [0.3, 0.4) is 0 Å². The predicted octanol–water partition coefficient (Wildman–Crippen LogP) is 4.52. The molecule has 2 aromatic heterocycles. The Morgan fingerprint density at radius 3 is 2.74 bits per heavy atom. The smallest absolute Gasteiger partial charge is 0.0905 e. The van der Waals surface area contributed by atoms with E-state index in [1.807, 2.05) is 24.3 Å². The van der Waals surface area contributed by atoms with Gasteiger partial charge in [-0.2, -0.15) is 0 Å². The van der Waals surface area contributed by atoms with Gasteiger partial charge in [0.1, 0.15) is 0 Å². The van der Waals surface area contributed by atoms with Gasteiger partial charge in [-0.25, -0.2) is 4.98 Å². The molecular formula is C17H12BrClN4. The number of halogens is 2. The zero-order chi connectivity index (χ0) is 16.4. The van der Waals surface area contributed by atoms with Crippen molar-refractivity contribution in [2.75, 3.05) is 0 Å². The lowest BCUT2D eigenvalue weighted by Gasteiger charge is -2.09. The molecule has 0 unspecified atom stereocenters. The maximum absolute atomic E-state index is 7.72. The van der Waals surface area contributed by atoms with Crippen molar-refractivity contribution in [3.8, 4) is 0 Å². The Kier molecular flexibility index (Phi) is 4.41. The Labute approximate surface area is 146 Å². The number of allylic oxidation sites excluding steroid dienone is 1. The van der Waals surface area contributed by atoms with Crippen LogP contribution in [0.1, 0.15) is 11.3 Å². The van der Waals surface area contributed by atoms with E-state index in [-0.39, 0.29) is 0 Å². The molecule has 6 heteroatoms.